The number of carbonyl (C=O) groups excluding carboxylic acids is 1. The van der Waals surface area contributed by atoms with Gasteiger partial charge in [0.05, 0.1) is 5.02 Å². The lowest BCUT2D eigenvalue weighted by Gasteiger charge is -2.10. The number of hydrogen-bond acceptors (Lipinski definition) is 3. The number of nitrogens with one attached hydrogen (secondary N) is 1. The van der Waals surface area contributed by atoms with E-state index in [1.165, 1.54) is 12.1 Å². The van der Waals surface area contributed by atoms with Crippen molar-refractivity contribution in [2.24, 2.45) is 5.92 Å². The van der Waals surface area contributed by atoms with E-state index in [9.17, 15) is 9.59 Å². The molecular formula is C13H14ClNO4. The average molecular weight is 284 g/mol. The Morgan fingerprint density at radius 1 is 1.42 bits per heavy atom. The van der Waals surface area contributed by atoms with Gasteiger partial charge in [0.15, 0.2) is 6.61 Å². The van der Waals surface area contributed by atoms with Crippen LogP contribution in [-0.2, 0) is 4.79 Å². The third-order valence-corrected chi connectivity index (χ3v) is 3.15. The molecule has 6 heteroatoms. The van der Waals surface area contributed by atoms with Crippen LogP contribution in [0.2, 0.25) is 5.02 Å². The molecule has 1 amide bonds. The summed E-state index contributed by atoms with van der Waals surface area (Å²) in [6, 6.07) is 4.51. The molecule has 0 bridgehead atoms. The minimum Gasteiger partial charge on any atom is -0.483 e. The van der Waals surface area contributed by atoms with E-state index < -0.39 is 5.97 Å². The van der Waals surface area contributed by atoms with Crippen LogP contribution >= 0.6 is 11.6 Å². The predicted octanol–water partition coefficient (Wildman–Crippen LogP) is 1.94. The molecule has 0 radical (unpaired) electrons. The van der Waals surface area contributed by atoms with E-state index in [0.717, 1.165) is 12.8 Å². The van der Waals surface area contributed by atoms with Crippen molar-refractivity contribution in [1.82, 2.24) is 5.32 Å². The van der Waals surface area contributed by atoms with Gasteiger partial charge in [-0.15, -0.1) is 0 Å². The molecule has 2 N–H and O–H groups in total. The fraction of sp³-hybridized carbons (Fsp3) is 0.385. The van der Waals surface area contributed by atoms with Gasteiger partial charge in [0, 0.05) is 6.54 Å². The quantitative estimate of drug-likeness (QED) is 0.836. The number of carboxylic acids is 1. The number of amides is 1. The number of rotatable bonds is 6. The number of hydrogen-bond donors (Lipinski definition) is 2. The summed E-state index contributed by atoms with van der Waals surface area (Å²) in [5.41, 5.74) is -0.126. The molecule has 1 saturated carbocycles. The summed E-state index contributed by atoms with van der Waals surface area (Å²) < 4.78 is 5.22. The monoisotopic (exact) mass is 283 g/mol. The van der Waals surface area contributed by atoms with Gasteiger partial charge < -0.3 is 15.2 Å². The summed E-state index contributed by atoms with van der Waals surface area (Å²) in [5, 5.41) is 11.9. The van der Waals surface area contributed by atoms with Gasteiger partial charge in [-0.2, -0.15) is 0 Å². The van der Waals surface area contributed by atoms with E-state index in [2.05, 4.69) is 5.32 Å². The van der Waals surface area contributed by atoms with Crippen molar-refractivity contribution in [3.63, 3.8) is 0 Å². The molecule has 1 fully saturated rings. The van der Waals surface area contributed by atoms with E-state index in [4.69, 9.17) is 21.4 Å². The Kier molecular flexibility index (Phi) is 4.27. The first-order chi connectivity index (χ1) is 9.08. The molecule has 5 nitrogen and oxygen atoms in total. The van der Waals surface area contributed by atoms with Gasteiger partial charge in [-0.3, -0.25) is 4.79 Å². The van der Waals surface area contributed by atoms with E-state index >= 15 is 0 Å². The molecule has 0 unspecified atom stereocenters. The highest BCUT2D eigenvalue weighted by Crippen LogP contribution is 2.28. The zero-order chi connectivity index (χ0) is 13.8. The van der Waals surface area contributed by atoms with Crippen LogP contribution in [0.4, 0.5) is 0 Å². The summed E-state index contributed by atoms with van der Waals surface area (Å²) >= 11 is 5.79. The van der Waals surface area contributed by atoms with Crippen LogP contribution in [0.1, 0.15) is 23.2 Å². The normalized spacial score (nSPS) is 13.9. The van der Waals surface area contributed by atoms with Crippen LogP contribution in [0.15, 0.2) is 18.2 Å². The second kappa shape index (κ2) is 5.93. The van der Waals surface area contributed by atoms with E-state index in [0.29, 0.717) is 12.5 Å². The highest BCUT2D eigenvalue weighted by molar-refractivity contribution is 6.33. The molecule has 102 valence electrons. The Labute approximate surface area is 115 Å². The Hall–Kier alpha value is -1.75. The third kappa shape index (κ3) is 3.86. The highest BCUT2D eigenvalue weighted by atomic mass is 35.5. The molecule has 2 rings (SSSR count). The van der Waals surface area contributed by atoms with Crippen LogP contribution < -0.4 is 10.1 Å². The summed E-state index contributed by atoms with van der Waals surface area (Å²) in [7, 11) is 0. The smallest absolute Gasteiger partial charge is 0.341 e. The Bertz CT molecular complexity index is 499. The predicted molar refractivity (Wildman–Crippen MR) is 69.6 cm³/mol. The summed E-state index contributed by atoms with van der Waals surface area (Å²) in [4.78, 5) is 22.5. The Balaban J connectivity index is 1.92. The van der Waals surface area contributed by atoms with Crippen LogP contribution in [0.5, 0.6) is 5.75 Å². The minimum atomic E-state index is -1.18. The standard InChI is InChI=1S/C13H14ClNO4/c14-9-2-1-3-10(12(9)13(17)18)19-7-11(16)15-6-8-4-5-8/h1-3,8H,4-7H2,(H,15,16)(H,17,18). The zero-order valence-electron chi connectivity index (χ0n) is 10.2. The molecule has 0 atom stereocenters. The molecule has 1 aliphatic rings. The van der Waals surface area contributed by atoms with Crippen LogP contribution in [0.3, 0.4) is 0 Å². The fourth-order valence-corrected chi connectivity index (χ4v) is 1.85. The topological polar surface area (TPSA) is 75.6 Å². The summed E-state index contributed by atoms with van der Waals surface area (Å²) in [6.07, 6.45) is 2.30. The van der Waals surface area contributed by atoms with Gasteiger partial charge in [-0.25, -0.2) is 4.79 Å². The third-order valence-electron chi connectivity index (χ3n) is 2.83. The molecule has 0 spiro atoms. The maximum Gasteiger partial charge on any atom is 0.341 e. The molecule has 0 aromatic heterocycles. The molecule has 0 aliphatic heterocycles. The number of ether oxygens (including phenoxy) is 1. The van der Waals surface area contributed by atoms with Gasteiger partial charge in [0.25, 0.3) is 5.91 Å². The molecular weight excluding hydrogens is 270 g/mol. The zero-order valence-corrected chi connectivity index (χ0v) is 10.9. The SMILES string of the molecule is O=C(COc1cccc(Cl)c1C(=O)O)NCC1CC1. The maximum atomic E-state index is 11.5. The van der Waals surface area contributed by atoms with Crippen LogP contribution in [-0.4, -0.2) is 30.1 Å². The maximum absolute atomic E-state index is 11.5. The lowest BCUT2D eigenvalue weighted by atomic mass is 10.2. The molecule has 0 heterocycles. The van der Waals surface area contributed by atoms with Crippen molar-refractivity contribution in [2.45, 2.75) is 12.8 Å². The van der Waals surface area contributed by atoms with Crippen molar-refractivity contribution < 1.29 is 19.4 Å². The number of aromatic carboxylic acids is 1. The molecule has 19 heavy (non-hydrogen) atoms. The second-order valence-corrected chi connectivity index (χ2v) is 4.86. The first kappa shape index (κ1) is 13.7. The molecule has 1 aromatic rings. The van der Waals surface area contributed by atoms with Crippen LogP contribution in [0.25, 0.3) is 0 Å². The molecule has 0 saturated heterocycles. The molecule has 1 aromatic carbocycles. The van der Waals surface area contributed by atoms with E-state index in [1.54, 1.807) is 6.07 Å². The van der Waals surface area contributed by atoms with Gasteiger partial charge in [-0.1, -0.05) is 17.7 Å². The largest absolute Gasteiger partial charge is 0.483 e. The first-order valence-corrected chi connectivity index (χ1v) is 6.37. The number of benzene rings is 1. The first-order valence-electron chi connectivity index (χ1n) is 5.99. The lowest BCUT2D eigenvalue weighted by Crippen LogP contribution is -2.30. The van der Waals surface area contributed by atoms with Crippen LogP contribution in [0, 0.1) is 5.92 Å². The fourth-order valence-electron chi connectivity index (χ4n) is 1.61. The van der Waals surface area contributed by atoms with Crippen molar-refractivity contribution in [2.75, 3.05) is 13.2 Å². The lowest BCUT2D eigenvalue weighted by molar-refractivity contribution is -0.123. The molecule has 1 aliphatic carbocycles. The Morgan fingerprint density at radius 3 is 2.79 bits per heavy atom. The minimum absolute atomic E-state index is 0.0865. The van der Waals surface area contributed by atoms with Gasteiger partial charge in [-0.05, 0) is 30.9 Å². The number of carboxylic acid groups (broad SMARTS) is 1. The summed E-state index contributed by atoms with van der Waals surface area (Å²) in [6.45, 7) is 0.441. The van der Waals surface area contributed by atoms with Gasteiger partial charge in [0.2, 0.25) is 0 Å². The van der Waals surface area contributed by atoms with E-state index in [1.807, 2.05) is 0 Å². The van der Waals surface area contributed by atoms with E-state index in [-0.39, 0.29) is 28.8 Å². The summed E-state index contributed by atoms with van der Waals surface area (Å²) in [5.74, 6) is -0.756. The highest BCUT2D eigenvalue weighted by Gasteiger charge is 2.22. The van der Waals surface area contributed by atoms with Crippen molar-refractivity contribution >= 4 is 23.5 Å². The van der Waals surface area contributed by atoms with Gasteiger partial charge in [0.1, 0.15) is 11.3 Å². The van der Waals surface area contributed by atoms with Crippen molar-refractivity contribution in [1.29, 1.82) is 0 Å². The average Bonchev–Trinajstić information content (AvgIpc) is 3.17. The van der Waals surface area contributed by atoms with Crippen molar-refractivity contribution in [3.05, 3.63) is 28.8 Å². The van der Waals surface area contributed by atoms with Gasteiger partial charge >= 0.3 is 5.97 Å². The number of carbonyl (C=O) groups is 2. The number of halogens is 1. The van der Waals surface area contributed by atoms with Crippen molar-refractivity contribution in [3.8, 4) is 5.75 Å². The second-order valence-electron chi connectivity index (χ2n) is 4.45. The Morgan fingerprint density at radius 2 is 2.16 bits per heavy atom.